The van der Waals surface area contributed by atoms with Crippen molar-refractivity contribution in [1.82, 2.24) is 0 Å². The van der Waals surface area contributed by atoms with E-state index in [1.807, 2.05) is 0 Å². The number of hydrogen-bond acceptors (Lipinski definition) is 2. The number of rotatable bonds is 1. The lowest BCUT2D eigenvalue weighted by Crippen LogP contribution is -2.46. The first-order valence-electron chi connectivity index (χ1n) is 8.18. The predicted octanol–water partition coefficient (Wildman–Crippen LogP) is 4.37. The monoisotopic (exact) mass is 288 g/mol. The molecule has 1 aromatic rings. The van der Waals surface area contributed by atoms with Crippen LogP contribution in [-0.2, 0) is 10.3 Å². The third-order valence-electron chi connectivity index (χ3n) is 5.57. The van der Waals surface area contributed by atoms with Gasteiger partial charge in [0.15, 0.2) is 0 Å². The van der Waals surface area contributed by atoms with Gasteiger partial charge in [0.05, 0.1) is 16.8 Å². The molecule has 1 aliphatic heterocycles. The number of fused-ring (bicyclic) bond motifs is 1. The SMILES string of the molecule is CC1CCC(O)(C2CC(C)(C)OC2(C)C)c2ccccc21. The van der Waals surface area contributed by atoms with Crippen molar-refractivity contribution in [2.45, 2.75) is 76.6 Å². The molecule has 3 atom stereocenters. The van der Waals surface area contributed by atoms with Crippen LogP contribution in [-0.4, -0.2) is 16.3 Å². The number of ether oxygens (including phenoxy) is 1. The van der Waals surface area contributed by atoms with E-state index in [1.165, 1.54) is 5.56 Å². The standard InChI is InChI=1S/C19H28O2/c1-13-10-11-19(20,15-9-7-6-8-14(13)15)16-12-17(2,3)21-18(16,4)5/h6-9,13,16,20H,10-12H2,1-5H3. The minimum atomic E-state index is -0.764. The predicted molar refractivity (Wildman–Crippen MR) is 85.3 cm³/mol. The van der Waals surface area contributed by atoms with E-state index in [0.717, 1.165) is 24.8 Å². The largest absolute Gasteiger partial charge is 0.385 e. The molecule has 0 radical (unpaired) electrons. The van der Waals surface area contributed by atoms with Crippen LogP contribution in [0.25, 0.3) is 0 Å². The summed E-state index contributed by atoms with van der Waals surface area (Å²) in [6.45, 7) is 10.8. The van der Waals surface area contributed by atoms with Gasteiger partial charge in [-0.25, -0.2) is 0 Å². The van der Waals surface area contributed by atoms with Crippen LogP contribution in [0.1, 0.15) is 70.9 Å². The van der Waals surface area contributed by atoms with Gasteiger partial charge in [0, 0.05) is 5.92 Å². The normalized spacial score (nSPS) is 37.2. The number of hydrogen-bond donors (Lipinski definition) is 1. The fraction of sp³-hybridized carbons (Fsp3) is 0.684. The van der Waals surface area contributed by atoms with Crippen LogP contribution < -0.4 is 0 Å². The van der Waals surface area contributed by atoms with Gasteiger partial charge in [-0.15, -0.1) is 0 Å². The van der Waals surface area contributed by atoms with E-state index in [2.05, 4.69) is 58.9 Å². The zero-order valence-corrected chi connectivity index (χ0v) is 13.9. The molecule has 116 valence electrons. The first-order valence-corrected chi connectivity index (χ1v) is 8.18. The molecule has 2 heteroatoms. The summed E-state index contributed by atoms with van der Waals surface area (Å²) in [6.07, 6.45) is 2.78. The van der Waals surface area contributed by atoms with Gasteiger partial charge in [-0.1, -0.05) is 31.2 Å². The lowest BCUT2D eigenvalue weighted by molar-refractivity contribution is -0.122. The molecule has 1 aromatic carbocycles. The van der Waals surface area contributed by atoms with Crippen LogP contribution in [0.5, 0.6) is 0 Å². The Hall–Kier alpha value is -0.860. The second-order valence-corrected chi connectivity index (χ2v) is 8.17. The molecule has 0 amide bonds. The molecule has 0 spiro atoms. The first kappa shape index (κ1) is 15.1. The number of aliphatic hydroxyl groups is 1. The van der Waals surface area contributed by atoms with Gasteiger partial charge >= 0.3 is 0 Å². The molecule has 2 aliphatic rings. The van der Waals surface area contributed by atoms with Gasteiger partial charge in [0.25, 0.3) is 0 Å². The maximum absolute atomic E-state index is 11.6. The Kier molecular flexibility index (Phi) is 3.27. The van der Waals surface area contributed by atoms with Crippen molar-refractivity contribution in [3.05, 3.63) is 35.4 Å². The van der Waals surface area contributed by atoms with Gasteiger partial charge < -0.3 is 9.84 Å². The maximum Gasteiger partial charge on any atom is 0.0955 e. The lowest BCUT2D eigenvalue weighted by Gasteiger charge is -2.45. The zero-order chi connectivity index (χ0) is 15.5. The van der Waals surface area contributed by atoms with Crippen LogP contribution in [0.3, 0.4) is 0 Å². The Morgan fingerprint density at radius 2 is 1.81 bits per heavy atom. The van der Waals surface area contributed by atoms with E-state index in [1.54, 1.807) is 0 Å². The highest BCUT2D eigenvalue weighted by atomic mass is 16.5. The van der Waals surface area contributed by atoms with E-state index in [4.69, 9.17) is 4.74 Å². The molecule has 2 nitrogen and oxygen atoms in total. The molecule has 1 saturated heterocycles. The quantitative estimate of drug-likeness (QED) is 0.831. The highest BCUT2D eigenvalue weighted by Crippen LogP contribution is 2.55. The molecule has 0 bridgehead atoms. The molecule has 3 rings (SSSR count). The minimum Gasteiger partial charge on any atom is -0.385 e. The summed E-state index contributed by atoms with van der Waals surface area (Å²) >= 11 is 0. The van der Waals surface area contributed by atoms with Crippen LogP contribution in [0, 0.1) is 5.92 Å². The molecule has 1 fully saturated rings. The third kappa shape index (κ3) is 2.33. The summed E-state index contributed by atoms with van der Waals surface area (Å²) in [7, 11) is 0. The fourth-order valence-corrected chi connectivity index (χ4v) is 4.72. The summed E-state index contributed by atoms with van der Waals surface area (Å²) in [6, 6.07) is 8.43. The molecule has 1 N–H and O–H groups in total. The minimum absolute atomic E-state index is 0.133. The van der Waals surface area contributed by atoms with E-state index < -0.39 is 5.60 Å². The Morgan fingerprint density at radius 1 is 1.14 bits per heavy atom. The van der Waals surface area contributed by atoms with Gasteiger partial charge in [-0.2, -0.15) is 0 Å². The first-order chi connectivity index (χ1) is 9.66. The van der Waals surface area contributed by atoms with Crippen LogP contribution in [0.15, 0.2) is 24.3 Å². The lowest BCUT2D eigenvalue weighted by atomic mass is 9.64. The molecular weight excluding hydrogens is 260 g/mol. The van der Waals surface area contributed by atoms with Crippen LogP contribution in [0.2, 0.25) is 0 Å². The third-order valence-corrected chi connectivity index (χ3v) is 5.57. The van der Waals surface area contributed by atoms with E-state index in [0.29, 0.717) is 5.92 Å². The number of benzene rings is 1. The van der Waals surface area contributed by atoms with Crippen LogP contribution in [0.4, 0.5) is 0 Å². The summed E-state index contributed by atoms with van der Waals surface area (Å²) in [5.41, 5.74) is 1.21. The Morgan fingerprint density at radius 3 is 2.43 bits per heavy atom. The fourth-order valence-electron chi connectivity index (χ4n) is 4.72. The van der Waals surface area contributed by atoms with Crippen molar-refractivity contribution in [2.24, 2.45) is 5.92 Å². The molecule has 1 aliphatic carbocycles. The van der Waals surface area contributed by atoms with E-state index in [9.17, 15) is 5.11 Å². The topological polar surface area (TPSA) is 29.5 Å². The van der Waals surface area contributed by atoms with Gasteiger partial charge in [0.1, 0.15) is 0 Å². The van der Waals surface area contributed by atoms with Gasteiger partial charge in [-0.3, -0.25) is 0 Å². The summed E-state index contributed by atoms with van der Waals surface area (Å²) in [5.74, 6) is 0.661. The average molecular weight is 288 g/mol. The van der Waals surface area contributed by atoms with Gasteiger partial charge in [-0.05, 0) is 64.0 Å². The van der Waals surface area contributed by atoms with Crippen molar-refractivity contribution >= 4 is 0 Å². The van der Waals surface area contributed by atoms with Crippen LogP contribution >= 0.6 is 0 Å². The average Bonchev–Trinajstić information content (AvgIpc) is 2.63. The summed E-state index contributed by atoms with van der Waals surface area (Å²) in [4.78, 5) is 0. The zero-order valence-electron chi connectivity index (χ0n) is 13.9. The van der Waals surface area contributed by atoms with Crippen molar-refractivity contribution in [3.63, 3.8) is 0 Å². The van der Waals surface area contributed by atoms with E-state index in [-0.39, 0.29) is 17.1 Å². The van der Waals surface area contributed by atoms with Crippen molar-refractivity contribution in [3.8, 4) is 0 Å². The smallest absolute Gasteiger partial charge is 0.0955 e. The summed E-state index contributed by atoms with van der Waals surface area (Å²) < 4.78 is 6.25. The molecular formula is C19H28O2. The molecule has 3 unspecified atom stereocenters. The molecule has 1 heterocycles. The second kappa shape index (κ2) is 4.57. The Labute approximate surface area is 128 Å². The Balaban J connectivity index is 2.08. The molecule has 21 heavy (non-hydrogen) atoms. The highest BCUT2D eigenvalue weighted by Gasteiger charge is 2.56. The van der Waals surface area contributed by atoms with Crippen molar-refractivity contribution in [1.29, 1.82) is 0 Å². The highest BCUT2D eigenvalue weighted by molar-refractivity contribution is 5.38. The van der Waals surface area contributed by atoms with Gasteiger partial charge in [0.2, 0.25) is 0 Å². The molecule has 0 saturated carbocycles. The maximum atomic E-state index is 11.6. The van der Waals surface area contributed by atoms with E-state index >= 15 is 0 Å². The molecule has 0 aromatic heterocycles. The van der Waals surface area contributed by atoms with Crippen molar-refractivity contribution < 1.29 is 9.84 Å². The summed E-state index contributed by atoms with van der Waals surface area (Å²) in [5, 5.41) is 11.6. The second-order valence-electron chi connectivity index (χ2n) is 8.17. The van der Waals surface area contributed by atoms with Crippen molar-refractivity contribution in [2.75, 3.05) is 0 Å². The Bertz CT molecular complexity index is 546.